The molecule has 0 saturated carbocycles. The number of fused-ring (bicyclic) bond motifs is 1. The molecule has 3 aromatic rings. The highest BCUT2D eigenvalue weighted by atomic mass is 79.9. The van der Waals surface area contributed by atoms with Crippen molar-refractivity contribution in [3.63, 3.8) is 0 Å². The predicted molar refractivity (Wildman–Crippen MR) is 74.7 cm³/mol. The maximum atomic E-state index is 13.5. The smallest absolute Gasteiger partial charge is 0.186 e. The van der Waals surface area contributed by atoms with Gasteiger partial charge in [0.25, 0.3) is 0 Å². The Balaban J connectivity index is 2.22. The van der Waals surface area contributed by atoms with Crippen LogP contribution in [0.3, 0.4) is 0 Å². The van der Waals surface area contributed by atoms with Crippen LogP contribution < -0.4 is 0 Å². The Morgan fingerprint density at radius 2 is 2.00 bits per heavy atom. The first-order valence-electron chi connectivity index (χ1n) is 4.85. The van der Waals surface area contributed by atoms with Crippen molar-refractivity contribution in [1.29, 1.82) is 0 Å². The minimum absolute atomic E-state index is 0.0191. The Morgan fingerprint density at radius 3 is 2.67 bits per heavy atom. The lowest BCUT2D eigenvalue weighted by Crippen LogP contribution is -1.84. The van der Waals surface area contributed by atoms with Gasteiger partial charge in [0, 0.05) is 4.47 Å². The minimum Gasteiger partial charge on any atom is -0.337 e. The molecule has 0 fully saturated rings. The molecular weight excluding hydrogens is 390 g/mol. The van der Waals surface area contributed by atoms with Gasteiger partial charge in [0.1, 0.15) is 11.3 Å². The fourth-order valence-corrected chi connectivity index (χ4v) is 3.58. The summed E-state index contributed by atoms with van der Waals surface area (Å²) in [6.45, 7) is 0. The van der Waals surface area contributed by atoms with E-state index in [-0.39, 0.29) is 5.52 Å². The van der Waals surface area contributed by atoms with Crippen LogP contribution in [0.1, 0.15) is 0 Å². The molecule has 18 heavy (non-hydrogen) atoms. The number of H-pyrrole nitrogens is 1. The zero-order valence-electron chi connectivity index (χ0n) is 8.60. The lowest BCUT2D eigenvalue weighted by molar-refractivity contribution is 0.515. The number of nitrogens with one attached hydrogen (secondary N) is 1. The van der Waals surface area contributed by atoms with E-state index in [1.165, 1.54) is 17.4 Å². The molecule has 0 bridgehead atoms. The molecule has 0 unspecified atom stereocenters. The van der Waals surface area contributed by atoms with E-state index in [9.17, 15) is 8.78 Å². The molecule has 0 aliphatic carbocycles. The van der Waals surface area contributed by atoms with E-state index < -0.39 is 11.6 Å². The zero-order chi connectivity index (χ0) is 12.9. The normalized spacial score (nSPS) is 11.3. The lowest BCUT2D eigenvalue weighted by Gasteiger charge is -1.91. The van der Waals surface area contributed by atoms with Gasteiger partial charge in [0.15, 0.2) is 11.6 Å². The predicted octanol–water partition coefficient (Wildman–Crippen LogP) is 5.09. The summed E-state index contributed by atoms with van der Waals surface area (Å²) in [5, 5.41) is 0. The standard InChI is InChI=1S/C11H4Br2F2N2S/c12-4-3-7(18-10(4)13)11-16-6-2-1-5(14)8(15)9(6)17-11/h1-3H,(H,16,17). The Hall–Kier alpha value is -0.790. The molecule has 7 heteroatoms. The Morgan fingerprint density at radius 1 is 1.22 bits per heavy atom. The molecule has 0 aliphatic rings. The fourth-order valence-electron chi connectivity index (χ4n) is 1.60. The molecule has 3 rings (SSSR count). The first-order valence-corrected chi connectivity index (χ1v) is 7.25. The van der Waals surface area contributed by atoms with E-state index >= 15 is 0 Å². The van der Waals surface area contributed by atoms with Crippen LogP contribution in [0.2, 0.25) is 0 Å². The van der Waals surface area contributed by atoms with Crippen molar-refractivity contribution < 1.29 is 8.78 Å². The van der Waals surface area contributed by atoms with E-state index in [0.29, 0.717) is 11.3 Å². The van der Waals surface area contributed by atoms with Crippen LogP contribution in [-0.2, 0) is 0 Å². The van der Waals surface area contributed by atoms with Crippen LogP contribution in [0.4, 0.5) is 8.78 Å². The molecule has 1 aromatic carbocycles. The summed E-state index contributed by atoms with van der Waals surface area (Å²) in [6.07, 6.45) is 0. The van der Waals surface area contributed by atoms with Gasteiger partial charge in [0.05, 0.1) is 14.2 Å². The first kappa shape index (κ1) is 12.3. The van der Waals surface area contributed by atoms with Gasteiger partial charge in [0.2, 0.25) is 0 Å². The number of hydrogen-bond donors (Lipinski definition) is 1. The highest BCUT2D eigenvalue weighted by Gasteiger charge is 2.14. The van der Waals surface area contributed by atoms with Gasteiger partial charge in [-0.1, -0.05) is 0 Å². The van der Waals surface area contributed by atoms with Crippen molar-refractivity contribution in [3.8, 4) is 10.7 Å². The Labute approximate surface area is 121 Å². The monoisotopic (exact) mass is 392 g/mol. The summed E-state index contributed by atoms with van der Waals surface area (Å²) in [6, 6.07) is 4.42. The lowest BCUT2D eigenvalue weighted by atomic mass is 10.3. The van der Waals surface area contributed by atoms with Crippen molar-refractivity contribution >= 4 is 54.2 Å². The molecule has 0 aliphatic heterocycles. The van der Waals surface area contributed by atoms with E-state index in [4.69, 9.17) is 0 Å². The quantitative estimate of drug-likeness (QED) is 0.612. The Kier molecular flexibility index (Phi) is 2.99. The van der Waals surface area contributed by atoms with Gasteiger partial charge in [-0.3, -0.25) is 0 Å². The summed E-state index contributed by atoms with van der Waals surface area (Å²) < 4.78 is 28.4. The third-order valence-corrected chi connectivity index (χ3v) is 5.69. The van der Waals surface area contributed by atoms with E-state index in [2.05, 4.69) is 41.8 Å². The van der Waals surface area contributed by atoms with Crippen LogP contribution in [-0.4, -0.2) is 9.97 Å². The van der Waals surface area contributed by atoms with Crippen molar-refractivity contribution in [2.45, 2.75) is 0 Å². The first-order chi connectivity index (χ1) is 8.56. The van der Waals surface area contributed by atoms with E-state index in [1.807, 2.05) is 6.07 Å². The molecule has 1 N–H and O–H groups in total. The maximum Gasteiger partial charge on any atom is 0.186 e. The highest BCUT2D eigenvalue weighted by molar-refractivity contribution is 9.13. The number of benzene rings is 1. The van der Waals surface area contributed by atoms with Gasteiger partial charge < -0.3 is 4.98 Å². The number of aromatic nitrogens is 2. The van der Waals surface area contributed by atoms with Crippen molar-refractivity contribution in [3.05, 3.63) is 38.1 Å². The summed E-state index contributed by atoms with van der Waals surface area (Å²) in [5.41, 5.74) is 0.496. The second kappa shape index (κ2) is 4.40. The SMILES string of the molecule is Fc1ccc2[nH]c(-c3cc(Br)c(Br)s3)nc2c1F. The molecule has 0 atom stereocenters. The van der Waals surface area contributed by atoms with Crippen LogP contribution in [0, 0.1) is 11.6 Å². The molecule has 2 aromatic heterocycles. The van der Waals surface area contributed by atoms with Gasteiger partial charge >= 0.3 is 0 Å². The summed E-state index contributed by atoms with van der Waals surface area (Å²) >= 11 is 8.20. The number of hydrogen-bond acceptors (Lipinski definition) is 2. The van der Waals surface area contributed by atoms with Crippen molar-refractivity contribution in [1.82, 2.24) is 9.97 Å². The third-order valence-electron chi connectivity index (χ3n) is 2.42. The van der Waals surface area contributed by atoms with Gasteiger partial charge in [-0.15, -0.1) is 11.3 Å². The molecule has 0 amide bonds. The number of halogens is 4. The Bertz CT molecular complexity index is 731. The number of rotatable bonds is 1. The molecular formula is C11H4Br2F2N2S. The van der Waals surface area contributed by atoms with Crippen LogP contribution in [0.25, 0.3) is 21.7 Å². The molecule has 0 radical (unpaired) electrons. The second-order valence-corrected chi connectivity index (χ2v) is 6.80. The number of nitrogens with zero attached hydrogens (tertiary/aromatic N) is 1. The van der Waals surface area contributed by atoms with E-state index in [1.54, 1.807) is 0 Å². The molecule has 0 spiro atoms. The van der Waals surface area contributed by atoms with Crippen molar-refractivity contribution in [2.75, 3.05) is 0 Å². The number of thiophene rings is 1. The topological polar surface area (TPSA) is 28.7 Å². The minimum atomic E-state index is -0.926. The summed E-state index contributed by atoms with van der Waals surface area (Å²) in [4.78, 5) is 7.91. The zero-order valence-corrected chi connectivity index (χ0v) is 12.6. The third kappa shape index (κ3) is 1.90. The number of aromatic amines is 1. The van der Waals surface area contributed by atoms with Gasteiger partial charge in [-0.25, -0.2) is 13.8 Å². The highest BCUT2D eigenvalue weighted by Crippen LogP contribution is 2.37. The molecule has 92 valence electrons. The maximum absolute atomic E-state index is 13.5. The van der Waals surface area contributed by atoms with Crippen LogP contribution in [0.15, 0.2) is 26.5 Å². The van der Waals surface area contributed by atoms with Crippen LogP contribution in [0.5, 0.6) is 0 Å². The summed E-state index contributed by atoms with van der Waals surface area (Å²) in [5.74, 6) is -1.30. The number of imidazole rings is 1. The molecule has 2 heterocycles. The largest absolute Gasteiger partial charge is 0.337 e. The fraction of sp³-hybridized carbons (Fsp3) is 0. The van der Waals surface area contributed by atoms with Gasteiger partial charge in [-0.05, 0) is 50.1 Å². The average Bonchev–Trinajstić information content (AvgIpc) is 2.89. The van der Waals surface area contributed by atoms with Crippen molar-refractivity contribution in [2.24, 2.45) is 0 Å². The second-order valence-electron chi connectivity index (χ2n) is 3.58. The van der Waals surface area contributed by atoms with Crippen LogP contribution >= 0.6 is 43.2 Å². The molecule has 2 nitrogen and oxygen atoms in total. The average molecular weight is 394 g/mol. The van der Waals surface area contributed by atoms with E-state index in [0.717, 1.165) is 19.2 Å². The summed E-state index contributed by atoms with van der Waals surface area (Å²) in [7, 11) is 0. The molecule has 0 saturated heterocycles. The van der Waals surface area contributed by atoms with Gasteiger partial charge in [-0.2, -0.15) is 0 Å².